The van der Waals surface area contributed by atoms with Gasteiger partial charge in [-0.2, -0.15) is 0 Å². The second-order valence-corrected chi connectivity index (χ2v) is 3.61. The Labute approximate surface area is 60.9 Å². The van der Waals surface area contributed by atoms with Gasteiger partial charge in [0.15, 0.2) is 0 Å². The van der Waals surface area contributed by atoms with E-state index in [2.05, 4.69) is 0 Å². The topological polar surface area (TPSA) is 0 Å². The highest BCUT2D eigenvalue weighted by Crippen LogP contribution is 2.19. The van der Waals surface area contributed by atoms with Gasteiger partial charge in [0.05, 0.1) is 0 Å². The second-order valence-electron chi connectivity index (χ2n) is 1.08. The van der Waals surface area contributed by atoms with Crippen LogP contribution in [0.15, 0.2) is 0 Å². The minimum Gasteiger partial charge on any atom is -0.124 e. The van der Waals surface area contributed by atoms with Crippen molar-refractivity contribution in [3.63, 3.8) is 0 Å². The van der Waals surface area contributed by atoms with Crippen LogP contribution >= 0.6 is 41.4 Å². The first-order valence-electron chi connectivity index (χ1n) is 1.71. The summed E-state index contributed by atoms with van der Waals surface area (Å²) in [6.07, 6.45) is 0. The van der Waals surface area contributed by atoms with E-state index in [-0.39, 0.29) is 0 Å². The predicted molar refractivity (Wildman–Crippen MR) is 39.6 cm³/mol. The van der Waals surface area contributed by atoms with Crippen molar-refractivity contribution >= 4 is 41.4 Å². The highest BCUT2D eigenvalue weighted by molar-refractivity contribution is 7.90. The van der Waals surface area contributed by atoms with Crippen LogP contribution in [0.3, 0.4) is 0 Å². The van der Waals surface area contributed by atoms with Crippen molar-refractivity contribution in [3.8, 4) is 0 Å². The zero-order valence-corrected chi connectivity index (χ0v) is 7.32. The summed E-state index contributed by atoms with van der Waals surface area (Å²) >= 11 is 14.7. The number of hydrogen-bond donors (Lipinski definition) is 0. The maximum absolute atomic E-state index is 5.27. The summed E-state index contributed by atoms with van der Waals surface area (Å²) in [4.78, 5) is 0. The molecule has 0 unspecified atom stereocenters. The van der Waals surface area contributed by atoms with Gasteiger partial charge in [0.25, 0.3) is 0 Å². The standard InChI is InChI=1S/C3H7Cl.Cl2P/c1-3(2)4;1-3-2/h3H,1-2H3;. The summed E-state index contributed by atoms with van der Waals surface area (Å²) < 4.78 is 0. The van der Waals surface area contributed by atoms with Crippen molar-refractivity contribution in [2.45, 2.75) is 19.2 Å². The first kappa shape index (κ1) is 11.1. The van der Waals surface area contributed by atoms with Gasteiger partial charge in [-0.25, -0.2) is 0 Å². The average molecular weight is 180 g/mol. The van der Waals surface area contributed by atoms with Gasteiger partial charge >= 0.3 is 0 Å². The Bertz CT molecular complexity index is 21.4. The van der Waals surface area contributed by atoms with E-state index < -0.39 is 0 Å². The van der Waals surface area contributed by atoms with Gasteiger partial charge in [0, 0.05) is 5.38 Å². The Hall–Kier alpha value is 1.30. The third kappa shape index (κ3) is 121. The Morgan fingerprint density at radius 1 is 1.29 bits per heavy atom. The molecule has 0 saturated heterocycles. The molecule has 45 valence electrons. The van der Waals surface area contributed by atoms with Crippen molar-refractivity contribution in [2.75, 3.05) is 0 Å². The van der Waals surface area contributed by atoms with Crippen LogP contribution in [0.2, 0.25) is 0 Å². The molecule has 0 N–H and O–H groups in total. The molecule has 0 rings (SSSR count). The lowest BCUT2D eigenvalue weighted by molar-refractivity contribution is 1.10. The first-order valence-corrected chi connectivity index (χ1v) is 4.85. The fourth-order valence-electron chi connectivity index (χ4n) is 0. The molecule has 0 spiro atoms. The third-order valence-corrected chi connectivity index (χ3v) is 0. The average Bonchev–Trinajstić information content (AvgIpc) is 1.33. The monoisotopic (exact) mass is 179 g/mol. The van der Waals surface area contributed by atoms with Gasteiger partial charge < -0.3 is 0 Å². The van der Waals surface area contributed by atoms with Gasteiger partial charge in [0.1, 0.15) is 7.29 Å². The van der Waals surface area contributed by atoms with Crippen LogP contribution in [0.25, 0.3) is 0 Å². The van der Waals surface area contributed by atoms with Crippen molar-refractivity contribution in [1.82, 2.24) is 0 Å². The summed E-state index contributed by atoms with van der Waals surface area (Å²) in [5.41, 5.74) is 0. The van der Waals surface area contributed by atoms with Crippen LogP contribution < -0.4 is 0 Å². The van der Waals surface area contributed by atoms with Crippen LogP contribution in [0.1, 0.15) is 13.8 Å². The van der Waals surface area contributed by atoms with Gasteiger partial charge in [-0.15, -0.1) is 11.6 Å². The van der Waals surface area contributed by atoms with Crippen molar-refractivity contribution in [1.29, 1.82) is 0 Å². The smallest absolute Gasteiger partial charge is 0.124 e. The number of alkyl halides is 1. The molecule has 0 atom stereocenters. The summed E-state index contributed by atoms with van der Waals surface area (Å²) in [5.74, 6) is 0. The predicted octanol–water partition coefficient (Wildman–Crippen LogP) is 3.87. The molecule has 0 aromatic heterocycles. The molecule has 0 amide bonds. The van der Waals surface area contributed by atoms with Crippen LogP contribution in [-0.4, -0.2) is 5.38 Å². The zero-order valence-electron chi connectivity index (χ0n) is 4.16. The normalized spacial score (nSPS) is 7.71. The van der Waals surface area contributed by atoms with Crippen molar-refractivity contribution < 1.29 is 0 Å². The Kier molecular flexibility index (Phi) is 16.4. The molecule has 4 heteroatoms. The van der Waals surface area contributed by atoms with Crippen molar-refractivity contribution in [2.24, 2.45) is 0 Å². The Morgan fingerprint density at radius 3 is 1.29 bits per heavy atom. The SMILES string of the molecule is CC(C)Cl.Cl[P]Cl. The molecule has 0 aliphatic rings. The van der Waals surface area contributed by atoms with E-state index in [1.165, 1.54) is 0 Å². The van der Waals surface area contributed by atoms with E-state index >= 15 is 0 Å². The first-order chi connectivity index (χ1) is 3.15. The Balaban J connectivity index is 0. The molecule has 0 aromatic rings. The van der Waals surface area contributed by atoms with Crippen LogP contribution in [-0.2, 0) is 0 Å². The highest BCUT2D eigenvalue weighted by Gasteiger charge is 1.71. The fraction of sp³-hybridized carbons (Fsp3) is 1.00. The molecule has 0 fully saturated rings. The number of hydrogen-bond acceptors (Lipinski definition) is 0. The molecular formula is C3H7Cl3P. The minimum absolute atomic E-state index is 0.306. The van der Waals surface area contributed by atoms with Gasteiger partial charge in [-0.1, -0.05) is 22.5 Å². The minimum atomic E-state index is 0.306. The summed E-state index contributed by atoms with van der Waals surface area (Å²) in [6.45, 7) is 3.86. The number of halogens is 3. The van der Waals surface area contributed by atoms with Crippen LogP contribution in [0.4, 0.5) is 0 Å². The molecule has 0 aliphatic carbocycles. The lowest BCUT2D eigenvalue weighted by atomic mass is 10.6. The highest BCUT2D eigenvalue weighted by atomic mass is 35.9. The molecule has 0 nitrogen and oxygen atoms in total. The maximum Gasteiger partial charge on any atom is 0.141 e. The van der Waals surface area contributed by atoms with E-state index in [0.717, 1.165) is 0 Å². The van der Waals surface area contributed by atoms with Crippen molar-refractivity contribution in [3.05, 3.63) is 0 Å². The zero-order chi connectivity index (χ0) is 6.28. The molecule has 0 saturated carbocycles. The van der Waals surface area contributed by atoms with Crippen LogP contribution in [0, 0.1) is 0 Å². The summed E-state index contributed by atoms with van der Waals surface area (Å²) in [6, 6.07) is 0. The van der Waals surface area contributed by atoms with Gasteiger partial charge in [-0.3, -0.25) is 0 Å². The van der Waals surface area contributed by atoms with Crippen LogP contribution in [0.5, 0.6) is 0 Å². The maximum atomic E-state index is 5.27. The Morgan fingerprint density at radius 2 is 1.29 bits per heavy atom. The molecule has 0 heterocycles. The second kappa shape index (κ2) is 10.3. The summed E-state index contributed by atoms with van der Waals surface area (Å²) in [7, 11) is 0.361. The molecule has 1 radical (unpaired) electrons. The largest absolute Gasteiger partial charge is 0.141 e. The quantitative estimate of drug-likeness (QED) is 0.392. The molecular weight excluding hydrogens is 173 g/mol. The van der Waals surface area contributed by atoms with Gasteiger partial charge in [-0.05, 0) is 13.8 Å². The fourth-order valence-corrected chi connectivity index (χ4v) is 0. The lowest BCUT2D eigenvalue weighted by Gasteiger charge is -1.76. The molecule has 0 aromatic carbocycles. The van der Waals surface area contributed by atoms with E-state index in [1.54, 1.807) is 0 Å². The molecule has 7 heavy (non-hydrogen) atoms. The molecule has 0 aliphatic heterocycles. The van der Waals surface area contributed by atoms with Gasteiger partial charge in [0.2, 0.25) is 0 Å². The number of rotatable bonds is 0. The van der Waals surface area contributed by atoms with E-state index in [9.17, 15) is 0 Å². The third-order valence-electron chi connectivity index (χ3n) is 0. The van der Waals surface area contributed by atoms with E-state index in [1.807, 2.05) is 13.8 Å². The lowest BCUT2D eigenvalue weighted by Crippen LogP contribution is -1.70. The van der Waals surface area contributed by atoms with E-state index in [0.29, 0.717) is 12.7 Å². The van der Waals surface area contributed by atoms with E-state index in [4.69, 9.17) is 34.1 Å². The molecule has 0 bridgehead atoms. The summed E-state index contributed by atoms with van der Waals surface area (Å²) in [5, 5.41) is 0.306.